The van der Waals surface area contributed by atoms with Gasteiger partial charge in [-0.15, -0.1) is 0 Å². The number of carbonyl (C=O) groups excluding carboxylic acids is 2. The van der Waals surface area contributed by atoms with Crippen molar-refractivity contribution < 1.29 is 45.1 Å². The summed E-state index contributed by atoms with van der Waals surface area (Å²) in [7, 11) is 5.42. The van der Waals surface area contributed by atoms with Crippen molar-refractivity contribution in [3.63, 3.8) is 0 Å². The van der Waals surface area contributed by atoms with E-state index in [1.807, 2.05) is 21.1 Å². The lowest BCUT2D eigenvalue weighted by atomic mass is 10.1. The van der Waals surface area contributed by atoms with Crippen LogP contribution < -0.4 is 12.4 Å². The standard InChI is InChI=1S/C33H66NO6Si.ClH/c1-11-12-13-14-15-16-17-18-19-20-21-22-23-24-29(40-41(9,10)33(2,3)4)25-32(36)39-30(27-34(5,6)7)26-31(35)38-28-37-8;/h18-19,29-30H,11-17,20-28H2,1-10H3;1H/q+1;/p-1/b19-18-;/t29?,30-;/m1./s1. The molecule has 0 N–H and O–H groups in total. The van der Waals surface area contributed by atoms with E-state index in [1.165, 1.54) is 52.1 Å². The molecule has 9 heteroatoms. The maximum absolute atomic E-state index is 13.1. The molecule has 0 aromatic rings. The molecule has 0 aliphatic heterocycles. The molecule has 0 aliphatic carbocycles. The number of allylic oxidation sites excluding steroid dienone is 2. The van der Waals surface area contributed by atoms with E-state index in [1.54, 1.807) is 0 Å². The second-order valence-corrected chi connectivity index (χ2v) is 18.8. The minimum absolute atomic E-state index is 0. The monoisotopic (exact) mass is 635 g/mol. The molecule has 0 saturated carbocycles. The molecule has 0 amide bonds. The molecular formula is C33H66ClNO6Si. The molecular weight excluding hydrogens is 570 g/mol. The van der Waals surface area contributed by atoms with Crippen LogP contribution in [-0.4, -0.2) is 78.5 Å². The number of esters is 2. The second kappa shape index (κ2) is 23.4. The average molecular weight is 636 g/mol. The van der Waals surface area contributed by atoms with Gasteiger partial charge in [0.15, 0.2) is 21.2 Å². The summed E-state index contributed by atoms with van der Waals surface area (Å²) in [6.45, 7) is 13.8. The summed E-state index contributed by atoms with van der Waals surface area (Å²) in [5, 5.41) is 0.0489. The Bertz CT molecular complexity index is 733. The number of nitrogens with zero attached hydrogens (tertiary/aromatic N) is 1. The third-order valence-corrected chi connectivity index (χ3v) is 12.3. The molecule has 42 heavy (non-hydrogen) atoms. The predicted molar refractivity (Wildman–Crippen MR) is 172 cm³/mol. The second-order valence-electron chi connectivity index (χ2n) is 14.1. The number of hydrogen-bond donors (Lipinski definition) is 0. The zero-order chi connectivity index (χ0) is 31.4. The summed E-state index contributed by atoms with van der Waals surface area (Å²) in [6, 6.07) is 0. The minimum atomic E-state index is -2.07. The highest BCUT2D eigenvalue weighted by molar-refractivity contribution is 6.74. The van der Waals surface area contributed by atoms with Crippen LogP contribution >= 0.6 is 0 Å². The Morgan fingerprint density at radius 1 is 0.810 bits per heavy atom. The fraction of sp³-hybridized carbons (Fsp3) is 0.879. The lowest BCUT2D eigenvalue weighted by Crippen LogP contribution is -3.00. The summed E-state index contributed by atoms with van der Waals surface area (Å²) >= 11 is 0. The molecule has 2 atom stereocenters. The van der Waals surface area contributed by atoms with Gasteiger partial charge in [-0.05, 0) is 50.2 Å². The Morgan fingerprint density at radius 3 is 1.86 bits per heavy atom. The third-order valence-electron chi connectivity index (χ3n) is 7.73. The van der Waals surface area contributed by atoms with Gasteiger partial charge in [-0.3, -0.25) is 9.59 Å². The van der Waals surface area contributed by atoms with Crippen LogP contribution in [0.15, 0.2) is 12.2 Å². The van der Waals surface area contributed by atoms with E-state index in [9.17, 15) is 9.59 Å². The SMILES string of the molecule is CCCCCCCC/C=C\CCCCCC(CC(=O)O[C@H](CC(=O)OCOC)C[N+](C)(C)C)O[Si](C)(C)C(C)(C)C.[Cl-]. The van der Waals surface area contributed by atoms with Gasteiger partial charge in [0, 0.05) is 7.11 Å². The number of carbonyl (C=O) groups is 2. The van der Waals surface area contributed by atoms with Gasteiger partial charge in [0.25, 0.3) is 0 Å². The number of likely N-dealkylation sites (N-methyl/N-ethyl adjacent to an activating group) is 1. The van der Waals surface area contributed by atoms with E-state index in [-0.39, 0.29) is 49.2 Å². The molecule has 0 radical (unpaired) electrons. The van der Waals surface area contributed by atoms with Crippen LogP contribution in [0.5, 0.6) is 0 Å². The molecule has 0 aliphatic rings. The third kappa shape index (κ3) is 23.5. The molecule has 0 bridgehead atoms. The molecule has 0 aromatic carbocycles. The van der Waals surface area contributed by atoms with Crippen LogP contribution in [0.4, 0.5) is 0 Å². The first-order valence-electron chi connectivity index (χ1n) is 16.1. The maximum Gasteiger partial charge on any atom is 0.311 e. The number of rotatable bonds is 24. The van der Waals surface area contributed by atoms with Crippen LogP contribution in [0.25, 0.3) is 0 Å². The number of ether oxygens (including phenoxy) is 3. The smallest absolute Gasteiger partial charge is 0.311 e. The summed E-state index contributed by atoms with van der Waals surface area (Å²) in [4.78, 5) is 25.4. The van der Waals surface area contributed by atoms with Gasteiger partial charge in [-0.2, -0.15) is 0 Å². The van der Waals surface area contributed by atoms with Crippen LogP contribution in [-0.2, 0) is 28.2 Å². The highest BCUT2D eigenvalue weighted by atomic mass is 35.5. The first kappa shape index (κ1) is 43.2. The predicted octanol–water partition coefficient (Wildman–Crippen LogP) is 5.18. The van der Waals surface area contributed by atoms with Crippen molar-refractivity contribution in [2.45, 2.75) is 148 Å². The quantitative estimate of drug-likeness (QED) is 0.0363. The molecule has 0 spiro atoms. The summed E-state index contributed by atoms with van der Waals surface area (Å²) in [5.74, 6) is -0.752. The van der Waals surface area contributed by atoms with Crippen LogP contribution in [0, 0.1) is 0 Å². The lowest BCUT2D eigenvalue weighted by molar-refractivity contribution is -0.873. The van der Waals surface area contributed by atoms with E-state index < -0.39 is 20.4 Å². The fourth-order valence-corrected chi connectivity index (χ4v) is 5.82. The molecule has 0 aromatic heterocycles. The number of halogens is 1. The molecule has 0 saturated heterocycles. The number of quaternary nitrogens is 1. The van der Waals surface area contributed by atoms with Crippen molar-refractivity contribution in [2.75, 3.05) is 41.6 Å². The molecule has 1 unspecified atom stereocenters. The van der Waals surface area contributed by atoms with Gasteiger partial charge in [0.1, 0.15) is 6.54 Å². The van der Waals surface area contributed by atoms with E-state index >= 15 is 0 Å². The van der Waals surface area contributed by atoms with Crippen molar-refractivity contribution in [3.05, 3.63) is 12.2 Å². The molecule has 0 fully saturated rings. The minimum Gasteiger partial charge on any atom is -1.00 e. The normalized spacial score (nSPS) is 14.0. The van der Waals surface area contributed by atoms with Gasteiger partial charge < -0.3 is 35.5 Å². The Hall–Kier alpha value is -0.933. The Kier molecular flexibility index (Phi) is 24.1. The maximum atomic E-state index is 13.1. The Morgan fingerprint density at radius 2 is 1.33 bits per heavy atom. The van der Waals surface area contributed by atoms with Gasteiger partial charge in [0.2, 0.25) is 0 Å². The van der Waals surface area contributed by atoms with E-state index in [0.717, 1.165) is 32.1 Å². The average Bonchev–Trinajstić information content (AvgIpc) is 2.83. The van der Waals surface area contributed by atoms with Gasteiger partial charge in [-0.1, -0.05) is 84.8 Å². The Balaban J connectivity index is 0. The van der Waals surface area contributed by atoms with Gasteiger partial charge >= 0.3 is 11.9 Å². The van der Waals surface area contributed by atoms with E-state index in [0.29, 0.717) is 11.0 Å². The van der Waals surface area contributed by atoms with Crippen molar-refractivity contribution >= 4 is 20.3 Å². The van der Waals surface area contributed by atoms with Crippen LogP contribution in [0.1, 0.15) is 118 Å². The van der Waals surface area contributed by atoms with E-state index in [4.69, 9.17) is 18.6 Å². The number of unbranched alkanes of at least 4 members (excludes halogenated alkanes) is 9. The van der Waals surface area contributed by atoms with Gasteiger partial charge in [0.05, 0.1) is 40.1 Å². The first-order chi connectivity index (χ1) is 19.1. The molecule has 250 valence electrons. The number of methoxy groups -OCH3 is 1. The molecule has 0 heterocycles. The Labute approximate surface area is 266 Å². The topological polar surface area (TPSA) is 71.1 Å². The lowest BCUT2D eigenvalue weighted by Gasteiger charge is -2.39. The molecule has 7 nitrogen and oxygen atoms in total. The zero-order valence-corrected chi connectivity index (χ0v) is 30.7. The zero-order valence-electron chi connectivity index (χ0n) is 28.9. The van der Waals surface area contributed by atoms with Crippen molar-refractivity contribution in [1.82, 2.24) is 0 Å². The highest BCUT2D eigenvalue weighted by Crippen LogP contribution is 2.38. The number of hydrogen-bond acceptors (Lipinski definition) is 6. The van der Waals surface area contributed by atoms with Crippen molar-refractivity contribution in [1.29, 1.82) is 0 Å². The fourth-order valence-electron chi connectivity index (χ4n) is 4.43. The van der Waals surface area contributed by atoms with Crippen molar-refractivity contribution in [2.24, 2.45) is 0 Å². The van der Waals surface area contributed by atoms with Crippen molar-refractivity contribution in [3.8, 4) is 0 Å². The largest absolute Gasteiger partial charge is 1.00 e. The first-order valence-corrected chi connectivity index (χ1v) is 19.0. The van der Waals surface area contributed by atoms with Crippen LogP contribution in [0.2, 0.25) is 18.1 Å². The summed E-state index contributed by atoms with van der Waals surface area (Å²) < 4.78 is 23.0. The summed E-state index contributed by atoms with van der Waals surface area (Å²) in [6.07, 6.45) is 18.6. The van der Waals surface area contributed by atoms with Crippen LogP contribution in [0.3, 0.4) is 0 Å². The van der Waals surface area contributed by atoms with E-state index in [2.05, 4.69) is 52.9 Å². The molecule has 0 rings (SSSR count). The highest BCUT2D eigenvalue weighted by Gasteiger charge is 2.39. The summed E-state index contributed by atoms with van der Waals surface area (Å²) in [5.41, 5.74) is 0. The van der Waals surface area contributed by atoms with Gasteiger partial charge in [-0.25, -0.2) is 0 Å².